The fraction of sp³-hybridized carbons (Fsp3) is 0.562. The lowest BCUT2D eigenvalue weighted by atomic mass is 10.3. The maximum Gasteiger partial charge on any atom is 0.319 e. The second-order valence-corrected chi connectivity index (χ2v) is 7.25. The summed E-state index contributed by atoms with van der Waals surface area (Å²) in [5.74, 6) is 0.0853. The standard InChI is InChI=1S/C16H28N4O3S/c1-4-13-24(22,23)19-15-9-7-14(8-10-15)18-16(21)17-11-12-20(5-2)6-3/h7-10,19H,4-6,11-13H2,1-3H3,(H2,17,18,21). The van der Waals surface area contributed by atoms with Gasteiger partial charge in [0, 0.05) is 24.5 Å². The number of rotatable bonds is 10. The summed E-state index contributed by atoms with van der Waals surface area (Å²) in [6, 6.07) is 6.29. The molecule has 0 heterocycles. The minimum atomic E-state index is -3.30. The van der Waals surface area contributed by atoms with Gasteiger partial charge in [0.1, 0.15) is 0 Å². The zero-order chi connectivity index (χ0) is 18.0. The Morgan fingerprint density at radius 1 is 1.04 bits per heavy atom. The molecule has 3 N–H and O–H groups in total. The highest BCUT2D eigenvalue weighted by atomic mass is 32.2. The zero-order valence-corrected chi connectivity index (χ0v) is 15.4. The number of amides is 2. The van der Waals surface area contributed by atoms with Gasteiger partial charge < -0.3 is 15.5 Å². The maximum absolute atomic E-state index is 11.8. The first-order chi connectivity index (χ1) is 11.4. The van der Waals surface area contributed by atoms with E-state index in [1.54, 1.807) is 24.3 Å². The molecule has 1 rings (SSSR count). The van der Waals surface area contributed by atoms with Crippen molar-refractivity contribution in [3.05, 3.63) is 24.3 Å². The molecule has 1 aromatic carbocycles. The normalized spacial score (nSPS) is 11.3. The first kappa shape index (κ1) is 20.2. The first-order valence-corrected chi connectivity index (χ1v) is 9.93. The van der Waals surface area contributed by atoms with Crippen molar-refractivity contribution in [2.24, 2.45) is 0 Å². The molecule has 0 aromatic heterocycles. The number of carbonyl (C=O) groups is 1. The number of urea groups is 1. The summed E-state index contributed by atoms with van der Waals surface area (Å²) < 4.78 is 25.9. The summed E-state index contributed by atoms with van der Waals surface area (Å²) in [5.41, 5.74) is 1.09. The van der Waals surface area contributed by atoms with Gasteiger partial charge in [-0.3, -0.25) is 4.72 Å². The third kappa shape index (κ3) is 7.65. The van der Waals surface area contributed by atoms with Crippen LogP contribution in [0.3, 0.4) is 0 Å². The molecule has 8 heteroatoms. The zero-order valence-electron chi connectivity index (χ0n) is 14.6. The second-order valence-electron chi connectivity index (χ2n) is 5.41. The van der Waals surface area contributed by atoms with Crippen molar-refractivity contribution in [1.29, 1.82) is 0 Å². The number of hydrogen-bond donors (Lipinski definition) is 3. The molecule has 0 aliphatic carbocycles. The summed E-state index contributed by atoms with van der Waals surface area (Å²) in [4.78, 5) is 14.0. The average Bonchev–Trinajstić information content (AvgIpc) is 2.53. The molecule has 0 unspecified atom stereocenters. The topological polar surface area (TPSA) is 90.5 Å². The summed E-state index contributed by atoms with van der Waals surface area (Å²) in [6.07, 6.45) is 0.558. The molecule has 0 bridgehead atoms. The SMILES string of the molecule is CCCS(=O)(=O)Nc1ccc(NC(=O)NCCN(CC)CC)cc1. The predicted molar refractivity (Wildman–Crippen MR) is 99.0 cm³/mol. The van der Waals surface area contributed by atoms with Crippen LogP contribution < -0.4 is 15.4 Å². The van der Waals surface area contributed by atoms with E-state index in [0.29, 0.717) is 24.3 Å². The Hall–Kier alpha value is -1.80. The number of carbonyl (C=O) groups excluding carboxylic acids is 1. The molecule has 2 amide bonds. The number of hydrogen-bond acceptors (Lipinski definition) is 4. The van der Waals surface area contributed by atoms with Crippen LogP contribution in [0, 0.1) is 0 Å². The van der Waals surface area contributed by atoms with Gasteiger partial charge in [-0.15, -0.1) is 0 Å². The molecule has 0 saturated heterocycles. The highest BCUT2D eigenvalue weighted by Gasteiger charge is 2.09. The second kappa shape index (κ2) is 10.1. The van der Waals surface area contributed by atoms with E-state index in [1.165, 1.54) is 0 Å². The number of anilines is 2. The molecule has 0 aliphatic rings. The van der Waals surface area contributed by atoms with Gasteiger partial charge in [0.2, 0.25) is 10.0 Å². The van der Waals surface area contributed by atoms with Gasteiger partial charge in [0.05, 0.1) is 5.75 Å². The molecule has 0 atom stereocenters. The number of likely N-dealkylation sites (N-methyl/N-ethyl adjacent to an activating group) is 1. The van der Waals surface area contributed by atoms with E-state index < -0.39 is 10.0 Å². The van der Waals surface area contributed by atoms with E-state index in [0.717, 1.165) is 19.6 Å². The van der Waals surface area contributed by atoms with Crippen LogP contribution in [-0.2, 0) is 10.0 Å². The Kier molecular flexibility index (Phi) is 8.56. The Balaban J connectivity index is 2.45. The third-order valence-electron chi connectivity index (χ3n) is 3.50. The number of nitrogens with zero attached hydrogens (tertiary/aromatic N) is 1. The number of benzene rings is 1. The highest BCUT2D eigenvalue weighted by molar-refractivity contribution is 7.92. The van der Waals surface area contributed by atoms with Crippen molar-refractivity contribution in [3.63, 3.8) is 0 Å². The van der Waals surface area contributed by atoms with Crippen LogP contribution in [0.25, 0.3) is 0 Å². The smallest absolute Gasteiger partial charge is 0.319 e. The molecule has 136 valence electrons. The van der Waals surface area contributed by atoms with Gasteiger partial charge in [-0.2, -0.15) is 0 Å². The minimum absolute atomic E-state index is 0.0853. The molecule has 0 aliphatic heterocycles. The molecule has 0 saturated carbocycles. The van der Waals surface area contributed by atoms with Gasteiger partial charge in [-0.05, 0) is 43.8 Å². The lowest BCUT2D eigenvalue weighted by Gasteiger charge is -2.18. The Morgan fingerprint density at radius 2 is 1.62 bits per heavy atom. The molecular formula is C16H28N4O3S. The molecular weight excluding hydrogens is 328 g/mol. The van der Waals surface area contributed by atoms with Crippen molar-refractivity contribution in [2.45, 2.75) is 27.2 Å². The van der Waals surface area contributed by atoms with Crippen LogP contribution in [0.4, 0.5) is 16.2 Å². The van der Waals surface area contributed by atoms with E-state index in [2.05, 4.69) is 34.1 Å². The average molecular weight is 356 g/mol. The summed E-state index contributed by atoms with van der Waals surface area (Å²) in [6.45, 7) is 9.26. The Morgan fingerprint density at radius 3 is 2.17 bits per heavy atom. The quantitative estimate of drug-likeness (QED) is 0.600. The molecule has 0 radical (unpaired) electrons. The van der Waals surface area contributed by atoms with E-state index in [1.807, 2.05) is 6.92 Å². The van der Waals surface area contributed by atoms with Crippen LogP contribution >= 0.6 is 0 Å². The fourth-order valence-corrected chi connectivity index (χ4v) is 3.30. The molecule has 24 heavy (non-hydrogen) atoms. The van der Waals surface area contributed by atoms with Crippen LogP contribution in [0.15, 0.2) is 24.3 Å². The number of nitrogens with one attached hydrogen (secondary N) is 3. The minimum Gasteiger partial charge on any atom is -0.337 e. The van der Waals surface area contributed by atoms with Gasteiger partial charge in [-0.1, -0.05) is 20.8 Å². The summed E-state index contributed by atoms with van der Waals surface area (Å²) >= 11 is 0. The molecule has 7 nitrogen and oxygen atoms in total. The maximum atomic E-state index is 11.8. The first-order valence-electron chi connectivity index (χ1n) is 8.28. The van der Waals surface area contributed by atoms with Crippen LogP contribution in [0.1, 0.15) is 27.2 Å². The van der Waals surface area contributed by atoms with E-state index in [4.69, 9.17) is 0 Å². The van der Waals surface area contributed by atoms with Crippen molar-refractivity contribution in [1.82, 2.24) is 10.2 Å². The van der Waals surface area contributed by atoms with Gasteiger partial charge in [-0.25, -0.2) is 13.2 Å². The van der Waals surface area contributed by atoms with Gasteiger partial charge >= 0.3 is 6.03 Å². The van der Waals surface area contributed by atoms with E-state index in [-0.39, 0.29) is 11.8 Å². The fourth-order valence-electron chi connectivity index (χ4n) is 2.16. The van der Waals surface area contributed by atoms with Crippen LogP contribution in [0.2, 0.25) is 0 Å². The largest absolute Gasteiger partial charge is 0.337 e. The number of sulfonamides is 1. The predicted octanol–water partition coefficient (Wildman–Crippen LogP) is 2.30. The van der Waals surface area contributed by atoms with Crippen LogP contribution in [0.5, 0.6) is 0 Å². The van der Waals surface area contributed by atoms with Crippen molar-refractivity contribution in [2.75, 3.05) is 42.0 Å². The van der Waals surface area contributed by atoms with Gasteiger partial charge in [0.25, 0.3) is 0 Å². The molecule has 1 aromatic rings. The summed E-state index contributed by atoms with van der Waals surface area (Å²) in [5, 5.41) is 5.52. The van der Waals surface area contributed by atoms with E-state index >= 15 is 0 Å². The Labute approximate surface area is 144 Å². The van der Waals surface area contributed by atoms with E-state index in [9.17, 15) is 13.2 Å². The third-order valence-corrected chi connectivity index (χ3v) is 4.99. The molecule has 0 spiro atoms. The van der Waals surface area contributed by atoms with Crippen molar-refractivity contribution >= 4 is 27.4 Å². The summed E-state index contributed by atoms with van der Waals surface area (Å²) in [7, 11) is -3.30. The lowest BCUT2D eigenvalue weighted by molar-refractivity contribution is 0.248. The van der Waals surface area contributed by atoms with Crippen LogP contribution in [-0.4, -0.2) is 51.3 Å². The highest BCUT2D eigenvalue weighted by Crippen LogP contribution is 2.15. The van der Waals surface area contributed by atoms with Crippen molar-refractivity contribution in [3.8, 4) is 0 Å². The van der Waals surface area contributed by atoms with Crippen molar-refractivity contribution < 1.29 is 13.2 Å². The Bertz CT molecular complexity index is 598. The monoisotopic (exact) mass is 356 g/mol. The molecule has 0 fully saturated rings. The van der Waals surface area contributed by atoms with Gasteiger partial charge in [0.15, 0.2) is 0 Å². The lowest BCUT2D eigenvalue weighted by Crippen LogP contribution is -2.36.